The molecular formula is C14H20ClN2OP. The van der Waals surface area contributed by atoms with Crippen molar-refractivity contribution in [1.29, 1.82) is 0 Å². The molecule has 0 aliphatic carbocycles. The van der Waals surface area contributed by atoms with Gasteiger partial charge in [-0.05, 0) is 19.1 Å². The van der Waals surface area contributed by atoms with Crippen LogP contribution in [0.4, 0.5) is 5.69 Å². The molecule has 0 saturated heterocycles. The first-order valence-corrected chi connectivity index (χ1v) is 8.78. The number of benzene rings is 1. The smallest absolute Gasteiger partial charge is 0.142 e. The molecule has 0 aliphatic rings. The van der Waals surface area contributed by atoms with Crippen LogP contribution in [0.3, 0.4) is 0 Å². The van der Waals surface area contributed by atoms with Crippen LogP contribution in [0.5, 0.6) is 0 Å². The van der Waals surface area contributed by atoms with Crippen LogP contribution in [-0.2, 0) is 4.57 Å². The number of rotatable bonds is 5. The minimum Gasteiger partial charge on any atom is -0.382 e. The molecule has 3 nitrogen and oxygen atoms in total. The summed E-state index contributed by atoms with van der Waals surface area (Å²) in [4.78, 5) is 4.31. The van der Waals surface area contributed by atoms with Crippen molar-refractivity contribution >= 4 is 35.6 Å². The van der Waals surface area contributed by atoms with E-state index in [9.17, 15) is 4.57 Å². The monoisotopic (exact) mass is 298 g/mol. The quantitative estimate of drug-likeness (QED) is 0.510. The lowest BCUT2D eigenvalue weighted by atomic mass is 10.3. The van der Waals surface area contributed by atoms with E-state index < -0.39 is 7.14 Å². The molecule has 0 atom stereocenters. The second-order valence-electron chi connectivity index (χ2n) is 4.14. The van der Waals surface area contributed by atoms with Gasteiger partial charge in [0.1, 0.15) is 13.0 Å². The first-order valence-electron chi connectivity index (χ1n) is 6.32. The number of hydrogen-bond acceptors (Lipinski definition) is 2. The fourth-order valence-electron chi connectivity index (χ4n) is 1.80. The van der Waals surface area contributed by atoms with Crippen molar-refractivity contribution in [3.63, 3.8) is 0 Å². The predicted octanol–water partition coefficient (Wildman–Crippen LogP) is 3.85. The molecular weight excluding hydrogens is 279 g/mol. The summed E-state index contributed by atoms with van der Waals surface area (Å²) in [6, 6.07) is 7.41. The van der Waals surface area contributed by atoms with Crippen LogP contribution in [0.1, 0.15) is 20.8 Å². The highest BCUT2D eigenvalue weighted by Crippen LogP contribution is 2.45. The van der Waals surface area contributed by atoms with Gasteiger partial charge in [0, 0.05) is 17.6 Å². The molecule has 0 bridgehead atoms. The van der Waals surface area contributed by atoms with E-state index in [-0.39, 0.29) is 5.84 Å². The molecule has 5 heteroatoms. The summed E-state index contributed by atoms with van der Waals surface area (Å²) in [5, 5.41) is 1.18. The molecule has 0 aliphatic heterocycles. The average molecular weight is 299 g/mol. The van der Waals surface area contributed by atoms with E-state index in [1.165, 1.54) is 0 Å². The van der Waals surface area contributed by atoms with Crippen molar-refractivity contribution in [1.82, 2.24) is 0 Å². The van der Waals surface area contributed by atoms with Gasteiger partial charge in [0.25, 0.3) is 0 Å². The lowest BCUT2D eigenvalue weighted by Crippen LogP contribution is -2.14. The zero-order valence-corrected chi connectivity index (χ0v) is 13.2. The van der Waals surface area contributed by atoms with E-state index in [0.717, 1.165) is 5.30 Å². The fourth-order valence-corrected chi connectivity index (χ4v) is 3.87. The van der Waals surface area contributed by atoms with Gasteiger partial charge in [0.05, 0.1) is 10.7 Å². The van der Waals surface area contributed by atoms with Crippen molar-refractivity contribution in [3.05, 3.63) is 35.4 Å². The van der Waals surface area contributed by atoms with Crippen LogP contribution in [0.2, 0.25) is 0 Å². The Morgan fingerprint density at radius 2 is 1.95 bits per heavy atom. The van der Waals surface area contributed by atoms with Gasteiger partial charge in [0.15, 0.2) is 0 Å². The van der Waals surface area contributed by atoms with Crippen LogP contribution in [0, 0.1) is 0 Å². The summed E-state index contributed by atoms with van der Waals surface area (Å²) < 4.78 is 12.8. The Balaban J connectivity index is 3.36. The van der Waals surface area contributed by atoms with E-state index in [2.05, 4.69) is 4.99 Å². The van der Waals surface area contributed by atoms with Gasteiger partial charge in [-0.2, -0.15) is 0 Å². The van der Waals surface area contributed by atoms with Crippen molar-refractivity contribution in [3.8, 4) is 0 Å². The number of aliphatic imine (C=N–C) groups is 1. The molecule has 0 aromatic heterocycles. The summed E-state index contributed by atoms with van der Waals surface area (Å²) in [6.07, 6.45) is 2.92. The first kappa shape index (κ1) is 16.0. The van der Waals surface area contributed by atoms with Gasteiger partial charge in [0.2, 0.25) is 0 Å². The third kappa shape index (κ3) is 3.71. The van der Waals surface area contributed by atoms with Crippen molar-refractivity contribution in [2.45, 2.75) is 20.8 Å². The van der Waals surface area contributed by atoms with Gasteiger partial charge < -0.3 is 10.3 Å². The molecule has 19 heavy (non-hydrogen) atoms. The van der Waals surface area contributed by atoms with Gasteiger partial charge in [-0.3, -0.25) is 0 Å². The Bertz CT molecular complexity index is 544. The second kappa shape index (κ2) is 6.93. The highest BCUT2D eigenvalue weighted by molar-refractivity contribution is 7.71. The van der Waals surface area contributed by atoms with Crippen LogP contribution in [-0.4, -0.2) is 18.2 Å². The summed E-state index contributed by atoms with van der Waals surface area (Å²) in [7, 11) is -2.39. The molecule has 0 heterocycles. The fraction of sp³-hybridized carbons (Fsp3) is 0.357. The molecule has 0 radical (unpaired) electrons. The Labute approximate surface area is 119 Å². The summed E-state index contributed by atoms with van der Waals surface area (Å²) in [5.41, 5.74) is 6.46. The lowest BCUT2D eigenvalue weighted by Gasteiger charge is -2.16. The number of halogens is 1. The maximum Gasteiger partial charge on any atom is 0.142 e. The van der Waals surface area contributed by atoms with E-state index in [4.69, 9.17) is 17.3 Å². The largest absolute Gasteiger partial charge is 0.382 e. The molecule has 104 valence electrons. The van der Waals surface area contributed by atoms with E-state index in [0.29, 0.717) is 23.0 Å². The maximum absolute atomic E-state index is 12.8. The Kier molecular flexibility index (Phi) is 5.84. The maximum atomic E-state index is 12.8. The Morgan fingerprint density at radius 1 is 1.37 bits per heavy atom. The molecule has 0 amide bonds. The molecule has 1 aromatic rings. The zero-order chi connectivity index (χ0) is 14.5. The molecule has 1 rings (SSSR count). The second-order valence-corrected chi connectivity index (χ2v) is 8.08. The van der Waals surface area contributed by atoms with E-state index in [1.54, 1.807) is 13.0 Å². The minimum absolute atomic E-state index is 0.246. The van der Waals surface area contributed by atoms with E-state index in [1.807, 2.05) is 38.1 Å². The van der Waals surface area contributed by atoms with Gasteiger partial charge in [-0.25, -0.2) is 4.99 Å². The number of nitrogens with two attached hydrogens (primary N) is 1. The van der Waals surface area contributed by atoms with Gasteiger partial charge >= 0.3 is 0 Å². The summed E-state index contributed by atoms with van der Waals surface area (Å²) in [5.74, 6) is 0.246. The molecule has 0 spiro atoms. The number of amidine groups is 1. The Hall–Kier alpha value is -1.05. The molecule has 1 aromatic carbocycles. The third-order valence-electron chi connectivity index (χ3n) is 3.08. The van der Waals surface area contributed by atoms with Gasteiger partial charge in [-0.15, -0.1) is 0 Å². The summed E-state index contributed by atoms with van der Waals surface area (Å²) in [6.45, 7) is 5.67. The van der Waals surface area contributed by atoms with Crippen LogP contribution in [0.25, 0.3) is 0 Å². The molecule has 0 fully saturated rings. The molecule has 0 saturated carbocycles. The van der Waals surface area contributed by atoms with Crippen LogP contribution >= 0.6 is 18.7 Å². The molecule has 0 unspecified atom stereocenters. The topological polar surface area (TPSA) is 55.4 Å². The number of para-hydroxylation sites is 1. The van der Waals surface area contributed by atoms with Crippen LogP contribution in [0.15, 0.2) is 40.4 Å². The van der Waals surface area contributed by atoms with Crippen molar-refractivity contribution in [2.75, 3.05) is 12.3 Å². The molecule has 2 N–H and O–H groups in total. The number of allylic oxidation sites excluding steroid dienone is 1. The number of nitrogens with zero attached hydrogens (tertiary/aromatic N) is 1. The lowest BCUT2D eigenvalue weighted by molar-refractivity contribution is 0.582. The van der Waals surface area contributed by atoms with Crippen molar-refractivity contribution < 1.29 is 4.57 Å². The minimum atomic E-state index is -2.39. The highest BCUT2D eigenvalue weighted by Gasteiger charge is 2.23. The average Bonchev–Trinajstić information content (AvgIpc) is 2.46. The van der Waals surface area contributed by atoms with E-state index >= 15 is 0 Å². The normalized spacial score (nSPS) is 13.7. The standard InChI is InChI=1S/C14H20ClN2OP/c1-4-11(15)14(16)17-12-9-7-8-10-13(12)19(18,5-2)6-3/h4,7-10H,5-6H2,1-3H3,(H2,16,17)/b11-4+. The number of hydrogen-bond donors (Lipinski definition) is 1. The first-order chi connectivity index (χ1) is 8.98. The SMILES string of the molecule is C/C=C(/Cl)C(N)=Nc1ccccc1P(=O)(CC)CC. The highest BCUT2D eigenvalue weighted by atomic mass is 35.5. The van der Waals surface area contributed by atoms with Crippen LogP contribution < -0.4 is 11.0 Å². The van der Waals surface area contributed by atoms with Crippen molar-refractivity contribution in [2.24, 2.45) is 10.7 Å². The zero-order valence-electron chi connectivity index (χ0n) is 11.6. The summed E-state index contributed by atoms with van der Waals surface area (Å²) >= 11 is 5.94. The third-order valence-corrected chi connectivity index (χ3v) is 6.79. The predicted molar refractivity (Wildman–Crippen MR) is 85.7 cm³/mol. The van der Waals surface area contributed by atoms with Gasteiger partial charge in [-0.1, -0.05) is 43.7 Å². The Morgan fingerprint density at radius 3 is 2.47 bits per heavy atom.